The third-order valence-electron chi connectivity index (χ3n) is 1.97. The standard InChI is InChI=1S/C10H18O3/c1-3-4-5-6-9(7-8-11)10(12)13-2/h3,9,11H,1,4-8H2,2H3. The van der Waals surface area contributed by atoms with Gasteiger partial charge in [0.2, 0.25) is 0 Å². The summed E-state index contributed by atoms with van der Waals surface area (Å²) < 4.78 is 4.62. The van der Waals surface area contributed by atoms with E-state index in [1.165, 1.54) is 7.11 Å². The van der Waals surface area contributed by atoms with Gasteiger partial charge in [-0.1, -0.05) is 6.08 Å². The van der Waals surface area contributed by atoms with E-state index in [1.807, 2.05) is 6.08 Å². The number of hydrogen-bond acceptors (Lipinski definition) is 3. The van der Waals surface area contributed by atoms with E-state index in [9.17, 15) is 4.79 Å². The number of methoxy groups -OCH3 is 1. The molecule has 3 nitrogen and oxygen atoms in total. The second-order valence-electron chi connectivity index (χ2n) is 2.95. The van der Waals surface area contributed by atoms with Crippen molar-refractivity contribution in [1.29, 1.82) is 0 Å². The van der Waals surface area contributed by atoms with Gasteiger partial charge in [-0.25, -0.2) is 0 Å². The van der Waals surface area contributed by atoms with Gasteiger partial charge in [-0.2, -0.15) is 0 Å². The molecule has 3 heteroatoms. The Labute approximate surface area is 79.4 Å². The molecule has 0 heterocycles. The van der Waals surface area contributed by atoms with Crippen molar-refractivity contribution in [2.75, 3.05) is 13.7 Å². The largest absolute Gasteiger partial charge is 0.469 e. The number of esters is 1. The van der Waals surface area contributed by atoms with Gasteiger partial charge in [0.25, 0.3) is 0 Å². The monoisotopic (exact) mass is 186 g/mol. The Morgan fingerprint density at radius 2 is 2.31 bits per heavy atom. The van der Waals surface area contributed by atoms with Crippen molar-refractivity contribution in [2.24, 2.45) is 5.92 Å². The van der Waals surface area contributed by atoms with Crippen molar-refractivity contribution in [3.05, 3.63) is 12.7 Å². The van der Waals surface area contributed by atoms with Crippen LogP contribution in [0.15, 0.2) is 12.7 Å². The van der Waals surface area contributed by atoms with Crippen LogP contribution in [0.2, 0.25) is 0 Å². The molecule has 0 aromatic heterocycles. The van der Waals surface area contributed by atoms with Crippen LogP contribution in [-0.4, -0.2) is 24.8 Å². The minimum atomic E-state index is -0.224. The molecule has 0 rings (SSSR count). The summed E-state index contributed by atoms with van der Waals surface area (Å²) >= 11 is 0. The van der Waals surface area contributed by atoms with Gasteiger partial charge in [-0.3, -0.25) is 4.79 Å². The molecule has 0 aromatic rings. The summed E-state index contributed by atoms with van der Waals surface area (Å²) in [5, 5.41) is 8.71. The number of rotatable bonds is 7. The second kappa shape index (κ2) is 7.80. The van der Waals surface area contributed by atoms with Crippen LogP contribution in [0.5, 0.6) is 0 Å². The van der Waals surface area contributed by atoms with Gasteiger partial charge in [-0.15, -0.1) is 6.58 Å². The van der Waals surface area contributed by atoms with Crippen LogP contribution in [0.3, 0.4) is 0 Å². The van der Waals surface area contributed by atoms with Crippen molar-refractivity contribution < 1.29 is 14.6 Å². The molecule has 0 bridgehead atoms. The van der Waals surface area contributed by atoms with Crippen molar-refractivity contribution in [3.8, 4) is 0 Å². The summed E-state index contributed by atoms with van der Waals surface area (Å²) in [5.74, 6) is -0.381. The lowest BCUT2D eigenvalue weighted by molar-refractivity contribution is -0.146. The van der Waals surface area contributed by atoms with E-state index in [2.05, 4.69) is 11.3 Å². The van der Waals surface area contributed by atoms with E-state index < -0.39 is 0 Å². The molecule has 0 saturated heterocycles. The van der Waals surface area contributed by atoms with Crippen LogP contribution in [-0.2, 0) is 9.53 Å². The van der Waals surface area contributed by atoms with E-state index in [-0.39, 0.29) is 18.5 Å². The van der Waals surface area contributed by atoms with Gasteiger partial charge in [0.1, 0.15) is 0 Å². The fraction of sp³-hybridized carbons (Fsp3) is 0.700. The van der Waals surface area contributed by atoms with Crippen molar-refractivity contribution in [2.45, 2.75) is 25.7 Å². The second-order valence-corrected chi connectivity index (χ2v) is 2.95. The number of allylic oxidation sites excluding steroid dienone is 1. The summed E-state index contributed by atoms with van der Waals surface area (Å²) in [4.78, 5) is 11.1. The van der Waals surface area contributed by atoms with Gasteiger partial charge < -0.3 is 9.84 Å². The lowest BCUT2D eigenvalue weighted by Crippen LogP contribution is -2.17. The quantitative estimate of drug-likeness (QED) is 0.372. The number of hydrogen-bond donors (Lipinski definition) is 1. The molecule has 1 unspecified atom stereocenters. The first-order valence-corrected chi connectivity index (χ1v) is 4.55. The van der Waals surface area contributed by atoms with Crippen LogP contribution < -0.4 is 0 Å². The highest BCUT2D eigenvalue weighted by molar-refractivity contribution is 5.72. The average molecular weight is 186 g/mol. The van der Waals surface area contributed by atoms with Gasteiger partial charge in [0.05, 0.1) is 13.0 Å². The van der Waals surface area contributed by atoms with Gasteiger partial charge >= 0.3 is 5.97 Å². The lowest BCUT2D eigenvalue weighted by atomic mass is 9.99. The van der Waals surface area contributed by atoms with Gasteiger partial charge in [-0.05, 0) is 25.7 Å². The SMILES string of the molecule is C=CCCCC(CCO)C(=O)OC. The summed E-state index contributed by atoms with van der Waals surface area (Å²) in [6, 6.07) is 0. The number of ether oxygens (including phenoxy) is 1. The molecule has 0 aliphatic carbocycles. The Balaban J connectivity index is 3.79. The number of aliphatic hydroxyl groups excluding tert-OH is 1. The number of aliphatic hydroxyl groups is 1. The molecule has 13 heavy (non-hydrogen) atoms. The third kappa shape index (κ3) is 5.42. The van der Waals surface area contributed by atoms with Crippen molar-refractivity contribution in [3.63, 3.8) is 0 Å². The van der Waals surface area contributed by atoms with Crippen LogP contribution >= 0.6 is 0 Å². The molecular weight excluding hydrogens is 168 g/mol. The Morgan fingerprint density at radius 3 is 2.77 bits per heavy atom. The molecule has 0 fully saturated rings. The maximum Gasteiger partial charge on any atom is 0.308 e. The predicted molar refractivity (Wildman–Crippen MR) is 51.3 cm³/mol. The summed E-state index contributed by atoms with van der Waals surface area (Å²) in [6.07, 6.45) is 4.90. The predicted octanol–water partition coefficient (Wildman–Crippen LogP) is 1.51. The first-order chi connectivity index (χ1) is 6.26. The number of carbonyl (C=O) groups excluding carboxylic acids is 1. The van der Waals surface area contributed by atoms with Crippen molar-refractivity contribution >= 4 is 5.97 Å². The minimum absolute atomic E-state index is 0.0356. The zero-order valence-electron chi connectivity index (χ0n) is 8.16. The Morgan fingerprint density at radius 1 is 1.62 bits per heavy atom. The zero-order chi connectivity index (χ0) is 10.1. The third-order valence-corrected chi connectivity index (χ3v) is 1.97. The summed E-state index contributed by atoms with van der Waals surface area (Å²) in [5.41, 5.74) is 0. The fourth-order valence-electron chi connectivity index (χ4n) is 1.21. The van der Waals surface area contributed by atoms with Crippen LogP contribution in [0.1, 0.15) is 25.7 Å². The van der Waals surface area contributed by atoms with Gasteiger partial charge in [0.15, 0.2) is 0 Å². The normalized spacial score (nSPS) is 12.2. The number of unbranched alkanes of at least 4 members (excludes halogenated alkanes) is 1. The molecule has 0 amide bonds. The average Bonchev–Trinajstić information content (AvgIpc) is 2.16. The van der Waals surface area contributed by atoms with Crippen LogP contribution in [0.25, 0.3) is 0 Å². The smallest absolute Gasteiger partial charge is 0.308 e. The molecule has 0 radical (unpaired) electrons. The molecule has 1 atom stereocenters. The van der Waals surface area contributed by atoms with Gasteiger partial charge in [0, 0.05) is 6.61 Å². The molecule has 0 saturated carbocycles. The molecular formula is C10H18O3. The lowest BCUT2D eigenvalue weighted by Gasteiger charge is -2.11. The molecule has 0 spiro atoms. The Kier molecular flexibility index (Phi) is 7.30. The Bertz CT molecular complexity index is 154. The van der Waals surface area contributed by atoms with E-state index in [0.29, 0.717) is 6.42 Å². The first kappa shape index (κ1) is 12.2. The zero-order valence-corrected chi connectivity index (χ0v) is 8.16. The van der Waals surface area contributed by atoms with Crippen LogP contribution in [0.4, 0.5) is 0 Å². The van der Waals surface area contributed by atoms with E-state index in [1.54, 1.807) is 0 Å². The molecule has 0 aromatic carbocycles. The molecule has 1 N–H and O–H groups in total. The van der Waals surface area contributed by atoms with E-state index >= 15 is 0 Å². The topological polar surface area (TPSA) is 46.5 Å². The maximum atomic E-state index is 11.1. The highest BCUT2D eigenvalue weighted by Gasteiger charge is 2.17. The number of carbonyl (C=O) groups is 1. The summed E-state index contributed by atoms with van der Waals surface area (Å²) in [7, 11) is 1.38. The van der Waals surface area contributed by atoms with Crippen LogP contribution in [0, 0.1) is 5.92 Å². The highest BCUT2D eigenvalue weighted by Crippen LogP contribution is 2.14. The first-order valence-electron chi connectivity index (χ1n) is 4.55. The minimum Gasteiger partial charge on any atom is -0.469 e. The molecule has 0 aliphatic rings. The molecule has 0 aliphatic heterocycles. The fourth-order valence-corrected chi connectivity index (χ4v) is 1.21. The highest BCUT2D eigenvalue weighted by atomic mass is 16.5. The van der Waals surface area contributed by atoms with E-state index in [4.69, 9.17) is 5.11 Å². The molecule has 76 valence electrons. The van der Waals surface area contributed by atoms with Crippen molar-refractivity contribution in [1.82, 2.24) is 0 Å². The van der Waals surface area contributed by atoms with E-state index in [0.717, 1.165) is 19.3 Å². The summed E-state index contributed by atoms with van der Waals surface area (Å²) in [6.45, 7) is 3.64. The Hall–Kier alpha value is -0.830. The maximum absolute atomic E-state index is 11.1.